The van der Waals surface area contributed by atoms with E-state index in [0.717, 1.165) is 18.9 Å². The Balaban J connectivity index is 2.80. The highest BCUT2D eigenvalue weighted by Gasteiger charge is 2.21. The molecule has 0 atom stereocenters. The predicted molar refractivity (Wildman–Crippen MR) is 83.5 cm³/mol. The van der Waals surface area contributed by atoms with E-state index in [-0.39, 0.29) is 5.54 Å². The molecule has 0 fully saturated rings. The van der Waals surface area contributed by atoms with Crippen molar-refractivity contribution in [3.8, 4) is 0 Å². The van der Waals surface area contributed by atoms with Crippen LogP contribution in [-0.2, 0) is 6.54 Å². The van der Waals surface area contributed by atoms with E-state index in [1.165, 1.54) is 5.56 Å². The first kappa shape index (κ1) is 15.7. The van der Waals surface area contributed by atoms with E-state index in [0.29, 0.717) is 6.04 Å². The monoisotopic (exact) mass is 261 g/mol. The predicted octanol–water partition coefficient (Wildman–Crippen LogP) is 3.37. The van der Waals surface area contributed by atoms with Crippen LogP contribution in [0.1, 0.15) is 40.2 Å². The van der Waals surface area contributed by atoms with Gasteiger partial charge in [-0.1, -0.05) is 26.0 Å². The standard InChI is InChI=1S/C16H27N3/c1-7-10-19(16(4,5)6)15-9-8-14(12-18-15)11-17-13(2)3/h7-9,12-13,17H,1,10-11H2,2-6H3. The first-order valence-corrected chi connectivity index (χ1v) is 6.91. The van der Waals surface area contributed by atoms with Crippen LogP contribution in [0.3, 0.4) is 0 Å². The molecule has 1 N–H and O–H groups in total. The van der Waals surface area contributed by atoms with Crippen LogP contribution in [-0.4, -0.2) is 23.1 Å². The second kappa shape index (κ2) is 6.71. The van der Waals surface area contributed by atoms with Crippen molar-refractivity contribution in [1.82, 2.24) is 10.3 Å². The van der Waals surface area contributed by atoms with Crippen LogP contribution in [0.25, 0.3) is 0 Å². The Kier molecular flexibility index (Phi) is 5.55. The largest absolute Gasteiger partial charge is 0.348 e. The third-order valence-electron chi connectivity index (χ3n) is 2.92. The van der Waals surface area contributed by atoms with Gasteiger partial charge in [-0.2, -0.15) is 0 Å². The van der Waals surface area contributed by atoms with Gasteiger partial charge in [0.05, 0.1) is 0 Å². The molecule has 0 radical (unpaired) electrons. The van der Waals surface area contributed by atoms with Crippen LogP contribution in [0.4, 0.5) is 5.82 Å². The average Bonchev–Trinajstić information content (AvgIpc) is 2.33. The Morgan fingerprint density at radius 1 is 1.37 bits per heavy atom. The summed E-state index contributed by atoms with van der Waals surface area (Å²) in [7, 11) is 0. The molecule has 0 aliphatic rings. The van der Waals surface area contributed by atoms with Gasteiger partial charge < -0.3 is 10.2 Å². The zero-order valence-corrected chi connectivity index (χ0v) is 12.9. The summed E-state index contributed by atoms with van der Waals surface area (Å²) >= 11 is 0. The number of aromatic nitrogens is 1. The summed E-state index contributed by atoms with van der Waals surface area (Å²) in [4.78, 5) is 6.83. The summed E-state index contributed by atoms with van der Waals surface area (Å²) in [5, 5.41) is 3.40. The lowest BCUT2D eigenvalue weighted by atomic mass is 10.1. The third-order valence-corrected chi connectivity index (χ3v) is 2.92. The molecule has 0 bridgehead atoms. The molecule has 0 saturated heterocycles. The van der Waals surface area contributed by atoms with E-state index in [2.05, 4.69) is 68.5 Å². The summed E-state index contributed by atoms with van der Waals surface area (Å²) in [6, 6.07) is 4.72. The first-order valence-electron chi connectivity index (χ1n) is 6.91. The van der Waals surface area contributed by atoms with E-state index >= 15 is 0 Å². The van der Waals surface area contributed by atoms with Crippen molar-refractivity contribution in [2.75, 3.05) is 11.4 Å². The molecule has 3 heteroatoms. The molecule has 0 aliphatic carbocycles. The van der Waals surface area contributed by atoms with Gasteiger partial charge in [-0.25, -0.2) is 4.98 Å². The summed E-state index contributed by atoms with van der Waals surface area (Å²) in [5.74, 6) is 1.00. The van der Waals surface area contributed by atoms with Crippen LogP contribution >= 0.6 is 0 Å². The first-order chi connectivity index (χ1) is 8.84. The Labute approximate surface area is 117 Å². The number of nitrogens with zero attached hydrogens (tertiary/aromatic N) is 2. The molecule has 0 unspecified atom stereocenters. The molecule has 19 heavy (non-hydrogen) atoms. The smallest absolute Gasteiger partial charge is 0.129 e. The second-order valence-electron chi connectivity index (χ2n) is 6.13. The minimum atomic E-state index is 0.0406. The van der Waals surface area contributed by atoms with Gasteiger partial charge in [-0.3, -0.25) is 0 Å². The molecule has 0 spiro atoms. The molecule has 1 heterocycles. The van der Waals surface area contributed by atoms with Gasteiger partial charge >= 0.3 is 0 Å². The Morgan fingerprint density at radius 3 is 2.47 bits per heavy atom. The van der Waals surface area contributed by atoms with E-state index < -0.39 is 0 Å². The SMILES string of the molecule is C=CCN(c1ccc(CNC(C)C)cn1)C(C)(C)C. The van der Waals surface area contributed by atoms with Gasteiger partial charge in [0.25, 0.3) is 0 Å². The molecule has 0 amide bonds. The number of hydrogen-bond donors (Lipinski definition) is 1. The van der Waals surface area contributed by atoms with Crippen LogP contribution in [0.5, 0.6) is 0 Å². The zero-order valence-electron chi connectivity index (χ0n) is 12.9. The Bertz CT molecular complexity index is 387. The molecule has 0 aromatic carbocycles. The normalized spacial score (nSPS) is 11.7. The highest BCUT2D eigenvalue weighted by molar-refractivity contribution is 5.42. The number of hydrogen-bond acceptors (Lipinski definition) is 3. The number of nitrogens with one attached hydrogen (secondary N) is 1. The second-order valence-corrected chi connectivity index (χ2v) is 6.13. The fourth-order valence-electron chi connectivity index (χ4n) is 1.84. The fraction of sp³-hybridized carbons (Fsp3) is 0.562. The zero-order chi connectivity index (χ0) is 14.5. The molecule has 3 nitrogen and oxygen atoms in total. The van der Waals surface area contributed by atoms with Crippen molar-refractivity contribution in [2.24, 2.45) is 0 Å². The van der Waals surface area contributed by atoms with Crippen LogP contribution in [0.15, 0.2) is 31.0 Å². The fourth-order valence-corrected chi connectivity index (χ4v) is 1.84. The molecular formula is C16H27N3. The third kappa shape index (κ3) is 5.03. The minimum absolute atomic E-state index is 0.0406. The maximum absolute atomic E-state index is 4.58. The average molecular weight is 261 g/mol. The summed E-state index contributed by atoms with van der Waals surface area (Å²) < 4.78 is 0. The van der Waals surface area contributed by atoms with Crippen molar-refractivity contribution in [3.63, 3.8) is 0 Å². The highest BCUT2D eigenvalue weighted by atomic mass is 15.2. The van der Waals surface area contributed by atoms with Gasteiger partial charge in [0.2, 0.25) is 0 Å². The van der Waals surface area contributed by atoms with Gasteiger partial charge in [-0.15, -0.1) is 6.58 Å². The van der Waals surface area contributed by atoms with E-state index in [1.54, 1.807) is 0 Å². The number of anilines is 1. The lowest BCUT2D eigenvalue weighted by molar-refractivity contribution is 0.517. The molecule has 1 aromatic heterocycles. The molecule has 1 rings (SSSR count). The van der Waals surface area contributed by atoms with E-state index in [1.807, 2.05) is 12.3 Å². The Morgan fingerprint density at radius 2 is 2.05 bits per heavy atom. The van der Waals surface area contributed by atoms with Gasteiger partial charge in [-0.05, 0) is 32.4 Å². The number of rotatable bonds is 6. The van der Waals surface area contributed by atoms with Crippen LogP contribution in [0.2, 0.25) is 0 Å². The minimum Gasteiger partial charge on any atom is -0.348 e. The van der Waals surface area contributed by atoms with E-state index in [4.69, 9.17) is 0 Å². The van der Waals surface area contributed by atoms with Crippen LogP contribution < -0.4 is 10.2 Å². The van der Waals surface area contributed by atoms with Crippen molar-refractivity contribution < 1.29 is 0 Å². The quantitative estimate of drug-likeness (QED) is 0.796. The van der Waals surface area contributed by atoms with Crippen molar-refractivity contribution in [2.45, 2.75) is 52.7 Å². The summed E-state index contributed by atoms with van der Waals surface area (Å²) in [6.45, 7) is 16.3. The molecule has 1 aromatic rings. The lowest BCUT2D eigenvalue weighted by Crippen LogP contribution is -2.42. The highest BCUT2D eigenvalue weighted by Crippen LogP contribution is 2.21. The molecule has 0 saturated carbocycles. The molecule has 106 valence electrons. The maximum atomic E-state index is 4.58. The van der Waals surface area contributed by atoms with Gasteiger partial charge in [0.1, 0.15) is 5.82 Å². The van der Waals surface area contributed by atoms with Crippen molar-refractivity contribution in [1.29, 1.82) is 0 Å². The van der Waals surface area contributed by atoms with Gasteiger partial charge in [0, 0.05) is 30.9 Å². The van der Waals surface area contributed by atoms with Gasteiger partial charge in [0.15, 0.2) is 0 Å². The van der Waals surface area contributed by atoms with Crippen molar-refractivity contribution in [3.05, 3.63) is 36.5 Å². The lowest BCUT2D eigenvalue weighted by Gasteiger charge is -2.36. The maximum Gasteiger partial charge on any atom is 0.129 e. The van der Waals surface area contributed by atoms with Crippen molar-refractivity contribution >= 4 is 5.82 Å². The van der Waals surface area contributed by atoms with Crippen LogP contribution in [0, 0.1) is 0 Å². The van der Waals surface area contributed by atoms with E-state index in [9.17, 15) is 0 Å². The number of pyridine rings is 1. The topological polar surface area (TPSA) is 28.2 Å². The summed E-state index contributed by atoms with van der Waals surface area (Å²) in [5.41, 5.74) is 1.25. The molecular weight excluding hydrogens is 234 g/mol. The summed E-state index contributed by atoms with van der Waals surface area (Å²) in [6.07, 6.45) is 3.87. The Hall–Kier alpha value is -1.35. The molecule has 0 aliphatic heterocycles.